The fourth-order valence-corrected chi connectivity index (χ4v) is 0.409. The minimum Gasteiger partial charge on any atom is -0.481 e. The molecular formula is C16H22Cl2O8. The van der Waals surface area contributed by atoms with Gasteiger partial charge in [-0.2, -0.15) is 0 Å². The van der Waals surface area contributed by atoms with Crippen molar-refractivity contribution in [2.24, 2.45) is 0 Å². The largest absolute Gasteiger partial charge is 0.481 e. The molecule has 0 saturated heterocycles. The molecular weight excluding hydrogens is 391 g/mol. The van der Waals surface area contributed by atoms with Crippen LogP contribution >= 0.6 is 23.2 Å². The Hall–Kier alpha value is -2.58. The smallest absolute Gasteiger partial charge is 0.331 e. The molecule has 0 aliphatic rings. The van der Waals surface area contributed by atoms with Crippen LogP contribution in [0.5, 0.6) is 0 Å². The number of rotatable bonds is 6. The van der Waals surface area contributed by atoms with Crippen LogP contribution in [0, 0.1) is 0 Å². The maximum absolute atomic E-state index is 9.87. The molecule has 4 N–H and O–H groups in total. The summed E-state index contributed by atoms with van der Waals surface area (Å²) in [6.07, 6.45) is 0.0185. The predicted octanol–water partition coefficient (Wildman–Crippen LogP) is 3.72. The molecule has 0 spiro atoms. The van der Waals surface area contributed by atoms with Gasteiger partial charge in [0.05, 0.1) is 10.9 Å². The van der Waals surface area contributed by atoms with E-state index < -0.39 is 30.3 Å². The van der Waals surface area contributed by atoms with Crippen LogP contribution in [0.2, 0.25) is 0 Å². The maximum atomic E-state index is 9.87. The van der Waals surface area contributed by atoms with Gasteiger partial charge in [-0.25, -0.2) is 14.4 Å². The normalized spacial score (nSPS) is 7.85. The van der Waals surface area contributed by atoms with Crippen LogP contribution in [0.15, 0.2) is 47.5 Å². The average Bonchev–Trinajstić information content (AvgIpc) is 2.45. The Kier molecular flexibility index (Phi) is 22.5. The van der Waals surface area contributed by atoms with Crippen molar-refractivity contribution < 1.29 is 39.6 Å². The van der Waals surface area contributed by atoms with Crippen molar-refractivity contribution in [3.8, 4) is 0 Å². The van der Waals surface area contributed by atoms with Crippen LogP contribution in [0.3, 0.4) is 0 Å². The first-order valence-corrected chi connectivity index (χ1v) is 7.28. The quantitative estimate of drug-likeness (QED) is 0.481. The van der Waals surface area contributed by atoms with Crippen molar-refractivity contribution >= 4 is 47.1 Å². The molecule has 0 aliphatic heterocycles. The van der Waals surface area contributed by atoms with E-state index in [9.17, 15) is 19.2 Å². The second kappa shape index (κ2) is 18.8. The Balaban J connectivity index is -0.000000129. The molecule has 0 bridgehead atoms. The first-order valence-electron chi connectivity index (χ1n) is 6.52. The molecule has 0 aromatic carbocycles. The number of hydrogen-bond donors (Lipinski definition) is 4. The standard InChI is InChI=1S/C5H6O4.C5H8O2.C4H6O2.C2H2Cl2/c1-3(5(8)9)2-4(6)7;1-3-4(2)5(6)7;1-3(2)4(5)6;1-2(3)4/h1-2H2,(H,6,7)(H,8,9);2-3H2,1H3,(H,6,7);1H2,2H3,(H,5,6);1H2. The highest BCUT2D eigenvalue weighted by Gasteiger charge is 2.07. The lowest BCUT2D eigenvalue weighted by molar-refractivity contribution is -0.139. The lowest BCUT2D eigenvalue weighted by Crippen LogP contribution is -2.04. The topological polar surface area (TPSA) is 149 Å². The van der Waals surface area contributed by atoms with E-state index in [2.05, 4.69) is 26.3 Å². The Morgan fingerprint density at radius 2 is 1.04 bits per heavy atom. The van der Waals surface area contributed by atoms with Gasteiger partial charge < -0.3 is 20.4 Å². The van der Waals surface area contributed by atoms with Gasteiger partial charge in [0.15, 0.2) is 0 Å². The van der Waals surface area contributed by atoms with Crippen molar-refractivity contribution in [2.45, 2.75) is 26.7 Å². The first-order chi connectivity index (χ1) is 11.6. The minimum atomic E-state index is -1.27. The second-order valence-corrected chi connectivity index (χ2v) is 5.27. The Morgan fingerprint density at radius 1 is 0.769 bits per heavy atom. The molecule has 0 unspecified atom stereocenters. The average molecular weight is 413 g/mol. The highest BCUT2D eigenvalue weighted by Crippen LogP contribution is 1.98. The molecule has 0 heterocycles. The molecule has 0 radical (unpaired) electrons. The van der Waals surface area contributed by atoms with E-state index in [0.717, 1.165) is 0 Å². The van der Waals surface area contributed by atoms with Gasteiger partial charge in [-0.05, 0) is 13.3 Å². The van der Waals surface area contributed by atoms with Crippen LogP contribution in [0.25, 0.3) is 0 Å². The number of hydrogen-bond acceptors (Lipinski definition) is 4. The van der Waals surface area contributed by atoms with Crippen molar-refractivity contribution in [3.05, 3.63) is 47.5 Å². The summed E-state index contributed by atoms with van der Waals surface area (Å²) in [5.41, 5.74) is 0.137. The summed E-state index contributed by atoms with van der Waals surface area (Å²) < 4.78 is 0.111. The van der Waals surface area contributed by atoms with E-state index in [0.29, 0.717) is 6.42 Å². The zero-order valence-corrected chi connectivity index (χ0v) is 15.9. The highest BCUT2D eigenvalue weighted by atomic mass is 35.5. The molecule has 0 fully saturated rings. The van der Waals surface area contributed by atoms with Gasteiger partial charge >= 0.3 is 23.9 Å². The van der Waals surface area contributed by atoms with E-state index in [-0.39, 0.29) is 21.2 Å². The van der Waals surface area contributed by atoms with Gasteiger partial charge in [-0.3, -0.25) is 4.79 Å². The molecule has 0 amide bonds. The third-order valence-corrected chi connectivity index (χ3v) is 1.76. The van der Waals surface area contributed by atoms with Crippen molar-refractivity contribution in [1.29, 1.82) is 0 Å². The van der Waals surface area contributed by atoms with Crippen molar-refractivity contribution in [1.82, 2.24) is 0 Å². The van der Waals surface area contributed by atoms with Gasteiger partial charge in [0.1, 0.15) is 0 Å². The monoisotopic (exact) mass is 412 g/mol. The molecule has 8 nitrogen and oxygen atoms in total. The summed E-state index contributed by atoms with van der Waals surface area (Å²) >= 11 is 9.69. The zero-order valence-electron chi connectivity index (χ0n) is 14.4. The molecule has 0 aromatic rings. The Bertz CT molecular complexity index is 549. The zero-order chi connectivity index (χ0) is 22.0. The lowest BCUT2D eigenvalue weighted by atomic mass is 10.2. The number of aliphatic carboxylic acids is 4. The third kappa shape index (κ3) is 37.6. The van der Waals surface area contributed by atoms with Crippen LogP contribution in [0.4, 0.5) is 0 Å². The van der Waals surface area contributed by atoms with Gasteiger partial charge in [0, 0.05) is 16.7 Å². The fraction of sp³-hybridized carbons (Fsp3) is 0.250. The Labute approximate surface area is 161 Å². The number of carboxylic acids is 4. The lowest BCUT2D eigenvalue weighted by Gasteiger charge is -1.91. The number of halogens is 2. The van der Waals surface area contributed by atoms with Crippen LogP contribution in [-0.2, 0) is 19.2 Å². The van der Waals surface area contributed by atoms with Crippen LogP contribution in [0.1, 0.15) is 26.7 Å². The number of carbonyl (C=O) groups is 4. The SMILES string of the molecule is C=C(C)C(=O)O.C=C(CC(=O)O)C(=O)O.C=C(CC)C(=O)O.C=C(Cl)Cl. The van der Waals surface area contributed by atoms with E-state index in [1.54, 1.807) is 6.92 Å². The number of carboxylic acid groups (broad SMARTS) is 4. The summed E-state index contributed by atoms with van der Waals surface area (Å²) in [6.45, 7) is 15.7. The van der Waals surface area contributed by atoms with Crippen LogP contribution in [-0.4, -0.2) is 44.3 Å². The molecule has 10 heteroatoms. The molecule has 0 aliphatic carbocycles. The van der Waals surface area contributed by atoms with E-state index in [4.69, 9.17) is 43.6 Å². The molecule has 26 heavy (non-hydrogen) atoms. The summed E-state index contributed by atoms with van der Waals surface area (Å²) in [5.74, 6) is -4.28. The van der Waals surface area contributed by atoms with Gasteiger partial charge in [-0.1, -0.05) is 56.4 Å². The van der Waals surface area contributed by atoms with E-state index in [1.807, 2.05) is 0 Å². The summed E-state index contributed by atoms with van der Waals surface area (Å²) in [7, 11) is 0. The molecule has 148 valence electrons. The summed E-state index contributed by atoms with van der Waals surface area (Å²) in [4.78, 5) is 39.1. The first kappa shape index (κ1) is 31.2. The van der Waals surface area contributed by atoms with E-state index in [1.165, 1.54) is 6.92 Å². The summed E-state index contributed by atoms with van der Waals surface area (Å²) in [5, 5.41) is 32.1. The van der Waals surface area contributed by atoms with Crippen molar-refractivity contribution in [2.75, 3.05) is 0 Å². The molecule has 0 rings (SSSR count). The maximum Gasteiger partial charge on any atom is 0.331 e. The predicted molar refractivity (Wildman–Crippen MR) is 99.4 cm³/mol. The van der Waals surface area contributed by atoms with Crippen LogP contribution < -0.4 is 0 Å². The molecule has 0 aromatic heterocycles. The van der Waals surface area contributed by atoms with E-state index >= 15 is 0 Å². The van der Waals surface area contributed by atoms with Gasteiger partial charge in [0.2, 0.25) is 0 Å². The molecule has 0 atom stereocenters. The summed E-state index contributed by atoms with van der Waals surface area (Å²) in [6, 6.07) is 0. The van der Waals surface area contributed by atoms with Crippen molar-refractivity contribution in [3.63, 3.8) is 0 Å². The fourth-order valence-electron chi connectivity index (χ4n) is 0.409. The van der Waals surface area contributed by atoms with Gasteiger partial charge in [0.25, 0.3) is 0 Å². The second-order valence-electron chi connectivity index (χ2n) is 4.17. The highest BCUT2D eigenvalue weighted by molar-refractivity contribution is 6.55. The minimum absolute atomic E-state index is 0.111. The van der Waals surface area contributed by atoms with Gasteiger partial charge in [-0.15, -0.1) is 0 Å². The Morgan fingerprint density at radius 3 is 1.08 bits per heavy atom. The molecule has 0 saturated carbocycles. The third-order valence-electron chi connectivity index (χ3n) is 1.76.